The topological polar surface area (TPSA) is 77.5 Å². The molecule has 0 aliphatic carbocycles. The molecule has 1 aromatic heterocycles. The van der Waals surface area contributed by atoms with Gasteiger partial charge in [0.2, 0.25) is 0 Å². The number of amides is 1. The van der Waals surface area contributed by atoms with Crippen molar-refractivity contribution in [2.24, 2.45) is 0 Å². The minimum atomic E-state index is -1.04. The molecule has 2 aromatic rings. The molecule has 1 heterocycles. The Morgan fingerprint density at radius 1 is 1.12 bits per heavy atom. The van der Waals surface area contributed by atoms with Crippen molar-refractivity contribution in [3.05, 3.63) is 52.1 Å². The van der Waals surface area contributed by atoms with Gasteiger partial charge >= 0.3 is 5.97 Å². The van der Waals surface area contributed by atoms with E-state index in [1.165, 1.54) is 19.2 Å². The summed E-state index contributed by atoms with van der Waals surface area (Å²) in [7, 11) is 0. The van der Waals surface area contributed by atoms with Crippen molar-refractivity contribution >= 4 is 40.9 Å². The Morgan fingerprint density at radius 3 is 2.35 bits per heavy atom. The molecule has 1 atom stereocenters. The van der Waals surface area contributed by atoms with Gasteiger partial charge in [-0.1, -0.05) is 23.2 Å². The molecule has 2 rings (SSSR count). The third-order valence-electron chi connectivity index (χ3n) is 3.16. The Kier molecular flexibility index (Phi) is 6.83. The van der Waals surface area contributed by atoms with Crippen LogP contribution in [0, 0.1) is 0 Å². The van der Waals surface area contributed by atoms with Crippen LogP contribution >= 0.6 is 23.2 Å². The van der Waals surface area contributed by atoms with E-state index in [0.29, 0.717) is 16.3 Å². The molecule has 0 aliphatic heterocycles. The van der Waals surface area contributed by atoms with Crippen LogP contribution in [0.3, 0.4) is 0 Å². The second-order valence-electron chi connectivity index (χ2n) is 5.71. The van der Waals surface area contributed by atoms with Crippen molar-refractivity contribution in [2.75, 3.05) is 5.32 Å². The van der Waals surface area contributed by atoms with E-state index in [-0.39, 0.29) is 16.9 Å². The molecule has 8 heteroatoms. The normalized spacial score (nSPS) is 11.8. The van der Waals surface area contributed by atoms with Crippen LogP contribution in [0.15, 0.2) is 36.5 Å². The highest BCUT2D eigenvalue weighted by atomic mass is 35.5. The van der Waals surface area contributed by atoms with Gasteiger partial charge in [-0.25, -0.2) is 9.78 Å². The van der Waals surface area contributed by atoms with E-state index in [0.717, 1.165) is 0 Å². The maximum absolute atomic E-state index is 12.2. The van der Waals surface area contributed by atoms with Crippen molar-refractivity contribution in [2.45, 2.75) is 33.0 Å². The van der Waals surface area contributed by atoms with Crippen molar-refractivity contribution in [3.63, 3.8) is 0 Å². The van der Waals surface area contributed by atoms with Gasteiger partial charge in [0.15, 0.2) is 11.9 Å². The van der Waals surface area contributed by atoms with Crippen LogP contribution in [0.1, 0.15) is 31.1 Å². The van der Waals surface area contributed by atoms with E-state index in [2.05, 4.69) is 10.3 Å². The molecular weight excluding hydrogens is 379 g/mol. The molecule has 138 valence electrons. The van der Waals surface area contributed by atoms with Crippen LogP contribution in [-0.4, -0.2) is 29.1 Å². The highest BCUT2D eigenvalue weighted by Crippen LogP contribution is 2.23. The molecule has 0 spiro atoms. The zero-order valence-corrected chi connectivity index (χ0v) is 16.0. The quantitative estimate of drug-likeness (QED) is 0.733. The van der Waals surface area contributed by atoms with Gasteiger partial charge in [-0.15, -0.1) is 0 Å². The summed E-state index contributed by atoms with van der Waals surface area (Å²) in [4.78, 5) is 28.2. The van der Waals surface area contributed by atoms with Crippen molar-refractivity contribution in [1.82, 2.24) is 4.98 Å². The predicted octanol–water partition coefficient (Wildman–Crippen LogP) is 4.36. The minimum absolute atomic E-state index is 0.0322. The number of aromatic nitrogens is 1. The number of nitrogens with one attached hydrogen (secondary N) is 1. The highest BCUT2D eigenvalue weighted by molar-refractivity contribution is 6.36. The Labute approximate surface area is 161 Å². The average molecular weight is 397 g/mol. The monoisotopic (exact) mass is 396 g/mol. The molecule has 0 aliphatic rings. The lowest BCUT2D eigenvalue weighted by Gasteiger charge is -2.14. The fraction of sp³-hybridized carbons (Fsp3) is 0.278. The van der Waals surface area contributed by atoms with E-state index >= 15 is 0 Å². The SMILES string of the molecule is CC(C)Oc1ccc(C(=O)O[C@@H](C)C(=O)Nc2ncc(Cl)cc2Cl)cc1. The maximum atomic E-state index is 12.2. The number of ether oxygens (including phenoxy) is 2. The minimum Gasteiger partial charge on any atom is -0.491 e. The Morgan fingerprint density at radius 2 is 1.77 bits per heavy atom. The van der Waals surface area contributed by atoms with E-state index in [9.17, 15) is 9.59 Å². The van der Waals surface area contributed by atoms with Gasteiger partial charge in [-0.3, -0.25) is 4.79 Å². The lowest BCUT2D eigenvalue weighted by atomic mass is 10.2. The van der Waals surface area contributed by atoms with Crippen LogP contribution in [-0.2, 0) is 9.53 Å². The number of halogens is 2. The van der Waals surface area contributed by atoms with Gasteiger partial charge in [-0.05, 0) is 51.1 Å². The molecular formula is C18H18Cl2N2O4. The van der Waals surface area contributed by atoms with E-state index < -0.39 is 18.0 Å². The predicted molar refractivity (Wildman–Crippen MR) is 100.0 cm³/mol. The third kappa shape index (κ3) is 5.61. The summed E-state index contributed by atoms with van der Waals surface area (Å²) in [6.45, 7) is 5.27. The van der Waals surface area contributed by atoms with Crippen LogP contribution in [0.2, 0.25) is 10.0 Å². The summed E-state index contributed by atoms with van der Waals surface area (Å²) in [5, 5.41) is 3.02. The van der Waals surface area contributed by atoms with E-state index in [4.69, 9.17) is 32.7 Å². The third-order valence-corrected chi connectivity index (χ3v) is 3.66. The Bertz CT molecular complexity index is 794. The molecule has 1 N–H and O–H groups in total. The van der Waals surface area contributed by atoms with Gasteiger partial charge in [-0.2, -0.15) is 0 Å². The molecule has 0 unspecified atom stereocenters. The fourth-order valence-electron chi connectivity index (χ4n) is 1.95. The van der Waals surface area contributed by atoms with Gasteiger partial charge < -0.3 is 14.8 Å². The zero-order chi connectivity index (χ0) is 19.3. The summed E-state index contributed by atoms with van der Waals surface area (Å²) >= 11 is 11.7. The average Bonchev–Trinajstić information content (AvgIpc) is 2.57. The molecule has 1 amide bonds. The van der Waals surface area contributed by atoms with Gasteiger partial charge in [0.05, 0.1) is 21.7 Å². The summed E-state index contributed by atoms with van der Waals surface area (Å²) < 4.78 is 10.7. The first kappa shape index (κ1) is 20.0. The van der Waals surface area contributed by atoms with Crippen LogP contribution in [0.4, 0.5) is 5.82 Å². The standard InChI is InChI=1S/C18H18Cl2N2O4/c1-10(2)25-14-6-4-12(5-7-14)18(24)26-11(3)17(23)22-16-15(20)8-13(19)9-21-16/h4-11H,1-3H3,(H,21,22,23)/t11-/m0/s1. The molecule has 0 bridgehead atoms. The van der Waals surface area contributed by atoms with Crippen LogP contribution < -0.4 is 10.1 Å². The second kappa shape index (κ2) is 8.87. The Hall–Kier alpha value is -2.31. The second-order valence-corrected chi connectivity index (χ2v) is 6.56. The number of carbonyl (C=O) groups excluding carboxylic acids is 2. The van der Waals surface area contributed by atoms with Crippen LogP contribution in [0.5, 0.6) is 5.75 Å². The van der Waals surface area contributed by atoms with Crippen molar-refractivity contribution < 1.29 is 19.1 Å². The summed E-state index contributed by atoms with van der Waals surface area (Å²) in [5.74, 6) is -0.404. The molecule has 1 aromatic carbocycles. The summed E-state index contributed by atoms with van der Waals surface area (Å²) in [5.41, 5.74) is 0.309. The number of carbonyl (C=O) groups is 2. The number of pyridine rings is 1. The molecule has 0 radical (unpaired) electrons. The smallest absolute Gasteiger partial charge is 0.338 e. The first-order valence-electron chi connectivity index (χ1n) is 7.86. The highest BCUT2D eigenvalue weighted by Gasteiger charge is 2.20. The fourth-order valence-corrected chi connectivity index (χ4v) is 2.38. The van der Waals surface area contributed by atoms with Gasteiger partial charge in [0.25, 0.3) is 5.91 Å². The van der Waals surface area contributed by atoms with Crippen LogP contribution in [0.25, 0.3) is 0 Å². The number of anilines is 1. The zero-order valence-electron chi connectivity index (χ0n) is 14.5. The van der Waals surface area contributed by atoms with E-state index in [1.54, 1.807) is 24.3 Å². The summed E-state index contributed by atoms with van der Waals surface area (Å²) in [6, 6.07) is 7.92. The Balaban J connectivity index is 1.96. The lowest BCUT2D eigenvalue weighted by molar-refractivity contribution is -0.123. The first-order chi connectivity index (χ1) is 12.3. The number of rotatable bonds is 6. The van der Waals surface area contributed by atoms with Gasteiger partial charge in [0, 0.05) is 6.20 Å². The van der Waals surface area contributed by atoms with Crippen molar-refractivity contribution in [1.29, 1.82) is 0 Å². The first-order valence-corrected chi connectivity index (χ1v) is 8.61. The number of nitrogens with zero attached hydrogens (tertiary/aromatic N) is 1. The molecule has 0 fully saturated rings. The summed E-state index contributed by atoms with van der Waals surface area (Å²) in [6.07, 6.45) is 0.341. The largest absolute Gasteiger partial charge is 0.491 e. The number of esters is 1. The molecule has 0 saturated carbocycles. The number of benzene rings is 1. The van der Waals surface area contributed by atoms with E-state index in [1.807, 2.05) is 13.8 Å². The lowest BCUT2D eigenvalue weighted by Crippen LogP contribution is -2.30. The number of hydrogen-bond donors (Lipinski definition) is 1. The van der Waals surface area contributed by atoms with Gasteiger partial charge in [0.1, 0.15) is 5.75 Å². The molecule has 26 heavy (non-hydrogen) atoms. The van der Waals surface area contributed by atoms with Crippen molar-refractivity contribution in [3.8, 4) is 5.75 Å². The molecule has 0 saturated heterocycles. The molecule has 6 nitrogen and oxygen atoms in total. The maximum Gasteiger partial charge on any atom is 0.338 e. The number of hydrogen-bond acceptors (Lipinski definition) is 5.